The lowest BCUT2D eigenvalue weighted by Crippen LogP contribution is -2.12. The van der Waals surface area contributed by atoms with Crippen LogP contribution in [0.5, 0.6) is 11.5 Å². The predicted octanol–water partition coefficient (Wildman–Crippen LogP) is 3.32. The second-order valence-corrected chi connectivity index (χ2v) is 4.99. The summed E-state index contributed by atoms with van der Waals surface area (Å²) in [5.74, 6) is 1.24. The molecule has 0 saturated carbocycles. The van der Waals surface area contributed by atoms with Crippen LogP contribution in [0.15, 0.2) is 36.5 Å². The minimum absolute atomic E-state index is 0.0861. The van der Waals surface area contributed by atoms with E-state index < -0.39 is 0 Å². The molecular weight excluding hydrogens is 304 g/mol. The summed E-state index contributed by atoms with van der Waals surface area (Å²) in [5.41, 5.74) is 1.64. The summed E-state index contributed by atoms with van der Waals surface area (Å²) in [5, 5.41) is 3.13. The topological polar surface area (TPSA) is 60.5 Å². The molecule has 0 aliphatic heterocycles. The van der Waals surface area contributed by atoms with Gasteiger partial charge >= 0.3 is 0 Å². The fourth-order valence-corrected chi connectivity index (χ4v) is 2.17. The highest BCUT2D eigenvalue weighted by molar-refractivity contribution is 6.29. The maximum absolute atomic E-state index is 11.9. The van der Waals surface area contributed by atoms with Gasteiger partial charge in [-0.3, -0.25) is 4.79 Å². The zero-order chi connectivity index (χ0) is 15.9. The summed E-state index contributed by atoms with van der Waals surface area (Å²) in [6, 6.07) is 8.91. The predicted molar refractivity (Wildman–Crippen MR) is 85.7 cm³/mol. The number of halogens is 1. The number of rotatable bonds is 6. The van der Waals surface area contributed by atoms with Gasteiger partial charge in [0, 0.05) is 18.3 Å². The molecule has 0 fully saturated rings. The monoisotopic (exact) mass is 320 g/mol. The van der Waals surface area contributed by atoms with Crippen LogP contribution in [-0.2, 0) is 11.2 Å². The Balaban J connectivity index is 1.93. The van der Waals surface area contributed by atoms with Crippen LogP contribution in [0.4, 0.5) is 5.69 Å². The molecule has 0 radical (unpaired) electrons. The minimum atomic E-state index is -0.0861. The van der Waals surface area contributed by atoms with Crippen LogP contribution in [-0.4, -0.2) is 25.1 Å². The Morgan fingerprint density at radius 3 is 2.64 bits per heavy atom. The average Bonchev–Trinajstić information content (AvgIpc) is 2.52. The van der Waals surface area contributed by atoms with Crippen LogP contribution in [0.3, 0.4) is 0 Å². The summed E-state index contributed by atoms with van der Waals surface area (Å²) < 4.78 is 10.4. The summed E-state index contributed by atoms with van der Waals surface area (Å²) in [7, 11) is 3.17. The fourth-order valence-electron chi connectivity index (χ4n) is 2.00. The van der Waals surface area contributed by atoms with Crippen molar-refractivity contribution in [2.45, 2.75) is 12.8 Å². The van der Waals surface area contributed by atoms with E-state index >= 15 is 0 Å². The van der Waals surface area contributed by atoms with Gasteiger partial charge in [0.05, 0.1) is 14.2 Å². The number of nitrogens with zero attached hydrogens (tertiary/aromatic N) is 1. The SMILES string of the molecule is COc1ccc(CCC(=O)Nc2ccnc(Cl)c2)cc1OC. The number of aryl methyl sites for hydroxylation is 1. The molecule has 0 atom stereocenters. The Morgan fingerprint density at radius 2 is 1.95 bits per heavy atom. The van der Waals surface area contributed by atoms with Crippen molar-refractivity contribution in [2.75, 3.05) is 19.5 Å². The van der Waals surface area contributed by atoms with Crippen molar-refractivity contribution in [1.82, 2.24) is 4.98 Å². The third-order valence-electron chi connectivity index (χ3n) is 3.10. The van der Waals surface area contributed by atoms with Crippen LogP contribution in [0.2, 0.25) is 5.15 Å². The van der Waals surface area contributed by atoms with Gasteiger partial charge in [-0.25, -0.2) is 4.98 Å². The molecule has 1 N–H and O–H groups in total. The number of amides is 1. The van der Waals surface area contributed by atoms with E-state index in [2.05, 4.69) is 10.3 Å². The summed E-state index contributed by atoms with van der Waals surface area (Å²) >= 11 is 5.78. The highest BCUT2D eigenvalue weighted by Crippen LogP contribution is 2.28. The van der Waals surface area contributed by atoms with E-state index in [1.54, 1.807) is 32.5 Å². The Kier molecular flexibility index (Phi) is 5.61. The molecular formula is C16H17ClN2O3. The number of pyridine rings is 1. The number of ether oxygens (including phenoxy) is 2. The lowest BCUT2D eigenvalue weighted by atomic mass is 10.1. The molecule has 22 heavy (non-hydrogen) atoms. The number of nitrogens with one attached hydrogen (secondary N) is 1. The minimum Gasteiger partial charge on any atom is -0.493 e. The van der Waals surface area contributed by atoms with Gasteiger partial charge in [0.25, 0.3) is 0 Å². The smallest absolute Gasteiger partial charge is 0.224 e. The van der Waals surface area contributed by atoms with Gasteiger partial charge < -0.3 is 14.8 Å². The molecule has 1 aromatic carbocycles. The van der Waals surface area contributed by atoms with Crippen molar-refractivity contribution < 1.29 is 14.3 Å². The van der Waals surface area contributed by atoms with Crippen molar-refractivity contribution in [3.05, 3.63) is 47.2 Å². The molecule has 0 spiro atoms. The number of carbonyl (C=O) groups is 1. The molecule has 0 unspecified atom stereocenters. The third-order valence-corrected chi connectivity index (χ3v) is 3.31. The third kappa shape index (κ3) is 4.36. The largest absolute Gasteiger partial charge is 0.493 e. The summed E-state index contributed by atoms with van der Waals surface area (Å²) in [6.45, 7) is 0. The first-order chi connectivity index (χ1) is 10.6. The van der Waals surface area contributed by atoms with Gasteiger partial charge in [-0.05, 0) is 36.2 Å². The van der Waals surface area contributed by atoms with Gasteiger partial charge in [0.1, 0.15) is 5.15 Å². The van der Waals surface area contributed by atoms with Crippen molar-refractivity contribution in [1.29, 1.82) is 0 Å². The highest BCUT2D eigenvalue weighted by atomic mass is 35.5. The maximum atomic E-state index is 11.9. The van der Waals surface area contributed by atoms with E-state index in [0.717, 1.165) is 5.56 Å². The molecule has 0 aliphatic carbocycles. The molecule has 2 rings (SSSR count). The van der Waals surface area contributed by atoms with Crippen LogP contribution >= 0.6 is 11.6 Å². The first-order valence-corrected chi connectivity index (χ1v) is 7.12. The standard InChI is InChI=1S/C16H17ClN2O3/c1-21-13-5-3-11(9-14(13)22-2)4-6-16(20)19-12-7-8-18-15(17)10-12/h3,5,7-10H,4,6H2,1-2H3,(H,18,19,20). The van der Waals surface area contributed by atoms with Gasteiger partial charge in [-0.15, -0.1) is 0 Å². The van der Waals surface area contributed by atoms with Crippen LogP contribution in [0.1, 0.15) is 12.0 Å². The molecule has 1 amide bonds. The number of aromatic nitrogens is 1. The first-order valence-electron chi connectivity index (χ1n) is 6.74. The van der Waals surface area contributed by atoms with Crippen molar-refractivity contribution >= 4 is 23.2 Å². The van der Waals surface area contributed by atoms with Gasteiger partial charge in [0.2, 0.25) is 5.91 Å². The number of anilines is 1. The molecule has 0 aliphatic rings. The fraction of sp³-hybridized carbons (Fsp3) is 0.250. The number of hydrogen-bond donors (Lipinski definition) is 1. The maximum Gasteiger partial charge on any atom is 0.224 e. The van der Waals surface area contributed by atoms with Crippen molar-refractivity contribution in [3.63, 3.8) is 0 Å². The number of carbonyl (C=O) groups excluding carboxylic acids is 1. The van der Waals surface area contributed by atoms with E-state index in [1.807, 2.05) is 18.2 Å². The van der Waals surface area contributed by atoms with Gasteiger partial charge in [-0.1, -0.05) is 17.7 Å². The lowest BCUT2D eigenvalue weighted by Gasteiger charge is -2.10. The number of benzene rings is 1. The summed E-state index contributed by atoms with van der Waals surface area (Å²) in [4.78, 5) is 15.8. The van der Waals surface area contributed by atoms with Gasteiger partial charge in [-0.2, -0.15) is 0 Å². The molecule has 0 saturated heterocycles. The van der Waals surface area contributed by atoms with Gasteiger partial charge in [0.15, 0.2) is 11.5 Å². The molecule has 116 valence electrons. The molecule has 1 heterocycles. The lowest BCUT2D eigenvalue weighted by molar-refractivity contribution is -0.116. The Bertz CT molecular complexity index is 662. The highest BCUT2D eigenvalue weighted by Gasteiger charge is 2.07. The van der Waals surface area contributed by atoms with Crippen LogP contribution in [0.25, 0.3) is 0 Å². The molecule has 0 bridgehead atoms. The number of hydrogen-bond acceptors (Lipinski definition) is 4. The van der Waals surface area contributed by atoms with Crippen LogP contribution < -0.4 is 14.8 Å². The average molecular weight is 321 g/mol. The van der Waals surface area contributed by atoms with Crippen LogP contribution in [0, 0.1) is 0 Å². The van der Waals surface area contributed by atoms with Crippen molar-refractivity contribution in [2.24, 2.45) is 0 Å². The van der Waals surface area contributed by atoms with E-state index in [1.165, 1.54) is 0 Å². The second-order valence-electron chi connectivity index (χ2n) is 4.60. The Labute approximate surface area is 134 Å². The molecule has 5 nitrogen and oxygen atoms in total. The second kappa shape index (κ2) is 7.66. The zero-order valence-electron chi connectivity index (χ0n) is 12.4. The quantitative estimate of drug-likeness (QED) is 0.829. The molecule has 1 aromatic heterocycles. The Morgan fingerprint density at radius 1 is 1.18 bits per heavy atom. The van der Waals surface area contributed by atoms with Crippen molar-refractivity contribution in [3.8, 4) is 11.5 Å². The van der Waals surface area contributed by atoms with E-state index in [0.29, 0.717) is 35.2 Å². The van der Waals surface area contributed by atoms with E-state index in [4.69, 9.17) is 21.1 Å². The number of methoxy groups -OCH3 is 2. The molecule has 6 heteroatoms. The van der Waals surface area contributed by atoms with E-state index in [9.17, 15) is 4.79 Å². The Hall–Kier alpha value is -2.27. The zero-order valence-corrected chi connectivity index (χ0v) is 13.2. The first kappa shape index (κ1) is 16.1. The van der Waals surface area contributed by atoms with E-state index in [-0.39, 0.29) is 5.91 Å². The normalized spacial score (nSPS) is 10.1. The summed E-state index contributed by atoms with van der Waals surface area (Å²) in [6.07, 6.45) is 2.51. The molecule has 2 aromatic rings.